The molecule has 20 heavy (non-hydrogen) atoms. The SMILES string of the molecule is CCNS(=O)(=O)c1ccccc1NCc1ccncc1. The third-order valence-corrected chi connectivity index (χ3v) is 4.35. The number of nitrogens with one attached hydrogen (secondary N) is 2. The Morgan fingerprint density at radius 1 is 1.10 bits per heavy atom. The van der Waals surface area contributed by atoms with Gasteiger partial charge in [-0.05, 0) is 29.8 Å². The van der Waals surface area contributed by atoms with Crippen molar-refractivity contribution < 1.29 is 8.42 Å². The van der Waals surface area contributed by atoms with Gasteiger partial charge in [0.25, 0.3) is 0 Å². The topological polar surface area (TPSA) is 71.1 Å². The zero-order chi connectivity index (χ0) is 14.4. The summed E-state index contributed by atoms with van der Waals surface area (Å²) in [6, 6.07) is 10.6. The van der Waals surface area contributed by atoms with Crippen LogP contribution in [0.25, 0.3) is 0 Å². The van der Waals surface area contributed by atoms with Crippen molar-refractivity contribution in [3.63, 3.8) is 0 Å². The summed E-state index contributed by atoms with van der Waals surface area (Å²) < 4.78 is 26.7. The summed E-state index contributed by atoms with van der Waals surface area (Å²) in [7, 11) is -3.47. The molecule has 0 aliphatic heterocycles. The van der Waals surface area contributed by atoms with Gasteiger partial charge < -0.3 is 5.32 Å². The molecule has 2 N–H and O–H groups in total. The highest BCUT2D eigenvalue weighted by atomic mass is 32.2. The first kappa shape index (κ1) is 14.5. The highest BCUT2D eigenvalue weighted by molar-refractivity contribution is 7.89. The molecule has 0 spiro atoms. The van der Waals surface area contributed by atoms with E-state index in [2.05, 4.69) is 15.0 Å². The largest absolute Gasteiger partial charge is 0.380 e. The highest BCUT2D eigenvalue weighted by Gasteiger charge is 2.16. The fraction of sp³-hybridized carbons (Fsp3) is 0.214. The zero-order valence-electron chi connectivity index (χ0n) is 11.2. The number of benzene rings is 1. The molecule has 106 valence electrons. The van der Waals surface area contributed by atoms with Crippen molar-refractivity contribution in [2.45, 2.75) is 18.4 Å². The first-order chi connectivity index (χ1) is 9.63. The van der Waals surface area contributed by atoms with Gasteiger partial charge in [-0.1, -0.05) is 19.1 Å². The maximum atomic E-state index is 12.1. The van der Waals surface area contributed by atoms with E-state index in [1.165, 1.54) is 0 Å². The third kappa shape index (κ3) is 3.55. The summed E-state index contributed by atoms with van der Waals surface area (Å²) in [5.74, 6) is 0. The van der Waals surface area contributed by atoms with Gasteiger partial charge >= 0.3 is 0 Å². The number of nitrogens with zero attached hydrogens (tertiary/aromatic N) is 1. The number of hydrogen-bond acceptors (Lipinski definition) is 4. The minimum absolute atomic E-state index is 0.260. The molecular formula is C14H17N3O2S. The van der Waals surface area contributed by atoms with Gasteiger partial charge in [0.05, 0.1) is 5.69 Å². The van der Waals surface area contributed by atoms with Crippen LogP contribution in [0, 0.1) is 0 Å². The van der Waals surface area contributed by atoms with E-state index in [9.17, 15) is 8.42 Å². The van der Waals surface area contributed by atoms with Crippen molar-refractivity contribution in [3.05, 3.63) is 54.4 Å². The molecule has 0 bridgehead atoms. The van der Waals surface area contributed by atoms with Crippen LogP contribution >= 0.6 is 0 Å². The highest BCUT2D eigenvalue weighted by Crippen LogP contribution is 2.21. The normalized spacial score (nSPS) is 11.2. The summed E-state index contributed by atoms with van der Waals surface area (Å²) in [5, 5.41) is 3.15. The van der Waals surface area contributed by atoms with Crippen LogP contribution in [0.15, 0.2) is 53.7 Å². The lowest BCUT2D eigenvalue weighted by Gasteiger charge is -2.12. The average Bonchev–Trinajstić information content (AvgIpc) is 2.46. The predicted octanol–water partition coefficient (Wildman–Crippen LogP) is 1.99. The molecule has 2 aromatic rings. The summed E-state index contributed by atoms with van der Waals surface area (Å²) in [6.07, 6.45) is 3.41. The van der Waals surface area contributed by atoms with Gasteiger partial charge in [0.15, 0.2) is 0 Å². The molecule has 0 aliphatic carbocycles. The molecule has 0 radical (unpaired) electrons. The Labute approximate surface area is 119 Å². The molecular weight excluding hydrogens is 274 g/mol. The van der Waals surface area contributed by atoms with Gasteiger partial charge in [0, 0.05) is 25.5 Å². The minimum atomic E-state index is -3.47. The van der Waals surface area contributed by atoms with Crippen molar-refractivity contribution in [1.82, 2.24) is 9.71 Å². The quantitative estimate of drug-likeness (QED) is 0.854. The number of anilines is 1. The van der Waals surface area contributed by atoms with Crippen molar-refractivity contribution in [2.24, 2.45) is 0 Å². The first-order valence-corrected chi connectivity index (χ1v) is 7.83. The van der Waals surface area contributed by atoms with E-state index in [0.29, 0.717) is 18.8 Å². The Kier molecular flexibility index (Phi) is 4.70. The maximum Gasteiger partial charge on any atom is 0.242 e. The summed E-state index contributed by atoms with van der Waals surface area (Å²) >= 11 is 0. The number of rotatable bonds is 6. The Morgan fingerprint density at radius 3 is 2.50 bits per heavy atom. The fourth-order valence-corrected chi connectivity index (χ4v) is 3.04. The molecule has 0 fully saturated rings. The Bertz CT molecular complexity index is 657. The number of para-hydroxylation sites is 1. The van der Waals surface area contributed by atoms with Gasteiger partial charge in [-0.25, -0.2) is 13.1 Å². The molecule has 6 heteroatoms. The number of sulfonamides is 1. The third-order valence-electron chi connectivity index (χ3n) is 2.74. The van der Waals surface area contributed by atoms with Crippen LogP contribution in [0.2, 0.25) is 0 Å². The van der Waals surface area contributed by atoms with Gasteiger partial charge in [0.1, 0.15) is 4.90 Å². The van der Waals surface area contributed by atoms with E-state index in [1.807, 2.05) is 12.1 Å². The van der Waals surface area contributed by atoms with Crippen LogP contribution in [-0.2, 0) is 16.6 Å². The smallest absolute Gasteiger partial charge is 0.242 e. The van der Waals surface area contributed by atoms with E-state index in [-0.39, 0.29) is 4.90 Å². The molecule has 1 aromatic heterocycles. The summed E-state index contributed by atoms with van der Waals surface area (Å²) in [6.45, 7) is 2.66. The maximum absolute atomic E-state index is 12.1. The molecule has 1 aromatic carbocycles. The van der Waals surface area contributed by atoms with Crippen molar-refractivity contribution in [1.29, 1.82) is 0 Å². The van der Waals surface area contributed by atoms with Crippen LogP contribution in [-0.4, -0.2) is 19.9 Å². The average molecular weight is 291 g/mol. The molecule has 1 heterocycles. The van der Waals surface area contributed by atoms with Crippen LogP contribution in [0.1, 0.15) is 12.5 Å². The van der Waals surface area contributed by atoms with E-state index in [4.69, 9.17) is 0 Å². The van der Waals surface area contributed by atoms with E-state index < -0.39 is 10.0 Å². The molecule has 5 nitrogen and oxygen atoms in total. The lowest BCUT2D eigenvalue weighted by molar-refractivity contribution is 0.584. The van der Waals surface area contributed by atoms with E-state index in [1.54, 1.807) is 43.6 Å². The molecule has 0 unspecified atom stereocenters. The van der Waals surface area contributed by atoms with Crippen LogP contribution in [0.3, 0.4) is 0 Å². The van der Waals surface area contributed by atoms with Crippen molar-refractivity contribution in [3.8, 4) is 0 Å². The second-order valence-electron chi connectivity index (χ2n) is 4.21. The van der Waals surface area contributed by atoms with E-state index >= 15 is 0 Å². The molecule has 0 saturated heterocycles. The number of pyridine rings is 1. The van der Waals surface area contributed by atoms with Crippen molar-refractivity contribution >= 4 is 15.7 Å². The Balaban J connectivity index is 2.21. The zero-order valence-corrected chi connectivity index (χ0v) is 12.0. The van der Waals surface area contributed by atoms with Gasteiger partial charge in [-0.3, -0.25) is 4.98 Å². The molecule has 0 aliphatic rings. The second-order valence-corrected chi connectivity index (χ2v) is 5.94. The molecule has 2 rings (SSSR count). The summed E-state index contributed by atoms with van der Waals surface area (Å²) in [5.41, 5.74) is 1.63. The lowest BCUT2D eigenvalue weighted by Crippen LogP contribution is -2.24. The van der Waals surface area contributed by atoms with Gasteiger partial charge in [-0.15, -0.1) is 0 Å². The second kappa shape index (κ2) is 6.49. The first-order valence-electron chi connectivity index (χ1n) is 6.35. The van der Waals surface area contributed by atoms with Crippen molar-refractivity contribution in [2.75, 3.05) is 11.9 Å². The molecule has 0 saturated carbocycles. The molecule has 0 amide bonds. The van der Waals surface area contributed by atoms with Gasteiger partial charge in [0.2, 0.25) is 10.0 Å². The standard InChI is InChI=1S/C14H17N3O2S/c1-2-17-20(18,19)14-6-4-3-5-13(14)16-11-12-7-9-15-10-8-12/h3-10,16-17H,2,11H2,1H3. The number of aromatic nitrogens is 1. The number of hydrogen-bond donors (Lipinski definition) is 2. The summed E-state index contributed by atoms with van der Waals surface area (Å²) in [4.78, 5) is 4.21. The predicted molar refractivity (Wildman–Crippen MR) is 78.9 cm³/mol. The Morgan fingerprint density at radius 2 is 1.80 bits per heavy atom. The van der Waals surface area contributed by atoms with E-state index in [0.717, 1.165) is 5.56 Å². The minimum Gasteiger partial charge on any atom is -0.380 e. The van der Waals surface area contributed by atoms with Crippen LogP contribution < -0.4 is 10.0 Å². The lowest BCUT2D eigenvalue weighted by atomic mass is 10.2. The molecule has 0 atom stereocenters. The van der Waals surface area contributed by atoms with Crippen LogP contribution in [0.5, 0.6) is 0 Å². The van der Waals surface area contributed by atoms with Crippen LogP contribution in [0.4, 0.5) is 5.69 Å². The fourth-order valence-electron chi connectivity index (χ4n) is 1.81. The Hall–Kier alpha value is -1.92. The van der Waals surface area contributed by atoms with Gasteiger partial charge in [-0.2, -0.15) is 0 Å². The monoisotopic (exact) mass is 291 g/mol.